The Morgan fingerprint density at radius 1 is 1.26 bits per heavy atom. The lowest BCUT2D eigenvalue weighted by molar-refractivity contribution is -0.115. The van der Waals surface area contributed by atoms with E-state index in [1.807, 2.05) is 43.3 Å². The number of aromatic nitrogens is 2. The number of nitrogens with zero attached hydrogens (tertiary/aromatic N) is 2. The normalized spacial score (nSPS) is 15.8. The van der Waals surface area contributed by atoms with E-state index in [-0.39, 0.29) is 11.2 Å². The second kappa shape index (κ2) is 8.15. The predicted molar refractivity (Wildman–Crippen MR) is 109 cm³/mol. The summed E-state index contributed by atoms with van der Waals surface area (Å²) in [6.45, 7) is 4.17. The van der Waals surface area contributed by atoms with Crippen LogP contribution in [0.1, 0.15) is 18.9 Å². The highest BCUT2D eigenvalue weighted by atomic mass is 32.2. The zero-order valence-corrected chi connectivity index (χ0v) is 16.2. The van der Waals surface area contributed by atoms with Crippen molar-refractivity contribution in [1.82, 2.24) is 9.55 Å². The Hall–Kier alpha value is -2.31. The largest absolute Gasteiger partial charge is 0.382 e. The minimum atomic E-state index is -0.112. The van der Waals surface area contributed by atoms with Crippen molar-refractivity contribution in [3.63, 3.8) is 0 Å². The van der Waals surface area contributed by atoms with Crippen molar-refractivity contribution in [2.45, 2.75) is 36.5 Å². The maximum absolute atomic E-state index is 12.9. The number of para-hydroxylation sites is 2. The van der Waals surface area contributed by atoms with Crippen molar-refractivity contribution in [2.75, 3.05) is 18.5 Å². The standard InChI is InChI=1S/C21H23N3O2S/c1-2-26-13-7-12-24-17-10-5-4-9-16(17)22-21(24)23-20(25)19-14-15-8-3-6-11-18(15)27-19/h3-6,8-11,19H,2,7,12-14H2,1H3,(H,22,23,25). The molecule has 0 fully saturated rings. The highest BCUT2D eigenvalue weighted by Gasteiger charge is 2.29. The molecule has 140 valence electrons. The van der Waals surface area contributed by atoms with Crippen LogP contribution in [0.15, 0.2) is 53.4 Å². The molecule has 0 spiro atoms. The van der Waals surface area contributed by atoms with Crippen molar-refractivity contribution in [1.29, 1.82) is 0 Å². The maximum atomic E-state index is 12.9. The number of hydrogen-bond donors (Lipinski definition) is 1. The van der Waals surface area contributed by atoms with Gasteiger partial charge in [-0.25, -0.2) is 4.98 Å². The Morgan fingerprint density at radius 2 is 2.07 bits per heavy atom. The topological polar surface area (TPSA) is 56.1 Å². The molecule has 27 heavy (non-hydrogen) atoms. The highest BCUT2D eigenvalue weighted by Crippen LogP contribution is 2.37. The zero-order chi connectivity index (χ0) is 18.6. The van der Waals surface area contributed by atoms with Crippen LogP contribution >= 0.6 is 11.8 Å². The third-order valence-electron chi connectivity index (χ3n) is 4.70. The summed E-state index contributed by atoms with van der Waals surface area (Å²) in [4.78, 5) is 18.7. The first kappa shape index (κ1) is 18.1. The number of thioether (sulfide) groups is 1. The van der Waals surface area contributed by atoms with E-state index < -0.39 is 0 Å². The number of aryl methyl sites for hydroxylation is 1. The second-order valence-electron chi connectivity index (χ2n) is 6.53. The smallest absolute Gasteiger partial charge is 0.240 e. The molecule has 6 heteroatoms. The number of anilines is 1. The van der Waals surface area contributed by atoms with Crippen LogP contribution in [0, 0.1) is 0 Å². The van der Waals surface area contributed by atoms with Crippen molar-refractivity contribution in [2.24, 2.45) is 0 Å². The second-order valence-corrected chi connectivity index (χ2v) is 7.78. The summed E-state index contributed by atoms with van der Waals surface area (Å²) < 4.78 is 7.54. The highest BCUT2D eigenvalue weighted by molar-refractivity contribution is 8.01. The van der Waals surface area contributed by atoms with Crippen molar-refractivity contribution >= 4 is 34.7 Å². The lowest BCUT2D eigenvalue weighted by Crippen LogP contribution is -2.26. The SMILES string of the molecule is CCOCCCn1c(NC(=O)C2Cc3ccccc3S2)nc2ccccc21. The molecule has 0 bridgehead atoms. The summed E-state index contributed by atoms with van der Waals surface area (Å²) in [6, 6.07) is 16.2. The van der Waals surface area contributed by atoms with E-state index in [4.69, 9.17) is 4.74 Å². The number of carbonyl (C=O) groups is 1. The third kappa shape index (κ3) is 3.87. The Bertz CT molecular complexity index is 929. The Kier molecular flexibility index (Phi) is 5.45. The number of benzene rings is 2. The number of ether oxygens (including phenoxy) is 1. The van der Waals surface area contributed by atoms with Crippen LogP contribution in [0.25, 0.3) is 11.0 Å². The molecule has 1 atom stereocenters. The van der Waals surface area contributed by atoms with Gasteiger partial charge in [0.05, 0.1) is 16.3 Å². The fourth-order valence-corrected chi connectivity index (χ4v) is 4.58. The molecule has 1 aliphatic rings. The molecule has 2 heterocycles. The van der Waals surface area contributed by atoms with Gasteiger partial charge in [-0.15, -0.1) is 11.8 Å². The fourth-order valence-electron chi connectivity index (χ4n) is 3.39. The van der Waals surface area contributed by atoms with Crippen LogP contribution in [0.3, 0.4) is 0 Å². The quantitative estimate of drug-likeness (QED) is 0.626. The number of nitrogens with one attached hydrogen (secondary N) is 1. The first-order chi connectivity index (χ1) is 13.3. The molecule has 1 N–H and O–H groups in total. The summed E-state index contributed by atoms with van der Waals surface area (Å²) >= 11 is 1.63. The molecule has 5 nitrogen and oxygen atoms in total. The van der Waals surface area contributed by atoms with Gasteiger partial charge in [-0.3, -0.25) is 10.1 Å². The summed E-state index contributed by atoms with van der Waals surface area (Å²) in [6.07, 6.45) is 1.64. The van der Waals surface area contributed by atoms with Crippen LogP contribution in [0.5, 0.6) is 0 Å². The number of imidazole rings is 1. The molecule has 1 aromatic heterocycles. The first-order valence-electron chi connectivity index (χ1n) is 9.34. The summed E-state index contributed by atoms with van der Waals surface area (Å²) in [5.41, 5.74) is 3.17. The molecular formula is C21H23N3O2S. The molecule has 1 amide bonds. The van der Waals surface area contributed by atoms with Crippen LogP contribution in [-0.4, -0.2) is 33.9 Å². The molecular weight excluding hydrogens is 358 g/mol. The van der Waals surface area contributed by atoms with Crippen LogP contribution in [0.4, 0.5) is 5.95 Å². The van der Waals surface area contributed by atoms with E-state index in [1.54, 1.807) is 11.8 Å². The van der Waals surface area contributed by atoms with E-state index in [1.165, 1.54) is 10.5 Å². The van der Waals surface area contributed by atoms with Gasteiger partial charge < -0.3 is 9.30 Å². The summed E-state index contributed by atoms with van der Waals surface area (Å²) in [5.74, 6) is 0.631. The average Bonchev–Trinajstić information content (AvgIpc) is 3.27. The van der Waals surface area contributed by atoms with E-state index in [0.29, 0.717) is 19.2 Å². The van der Waals surface area contributed by atoms with Crippen molar-refractivity contribution in [3.05, 3.63) is 54.1 Å². The van der Waals surface area contributed by atoms with Gasteiger partial charge in [0, 0.05) is 24.7 Å². The van der Waals surface area contributed by atoms with Gasteiger partial charge in [-0.05, 0) is 43.5 Å². The lowest BCUT2D eigenvalue weighted by Gasteiger charge is -2.12. The Balaban J connectivity index is 1.52. The Morgan fingerprint density at radius 3 is 2.93 bits per heavy atom. The molecule has 1 aliphatic heterocycles. The third-order valence-corrected chi connectivity index (χ3v) is 6.02. The molecule has 1 unspecified atom stereocenters. The molecule has 0 radical (unpaired) electrons. The van der Waals surface area contributed by atoms with E-state index in [0.717, 1.165) is 30.4 Å². The van der Waals surface area contributed by atoms with Gasteiger partial charge in [0.25, 0.3) is 0 Å². The zero-order valence-electron chi connectivity index (χ0n) is 15.4. The van der Waals surface area contributed by atoms with Gasteiger partial charge in [-0.2, -0.15) is 0 Å². The number of rotatable bonds is 7. The number of amides is 1. The van der Waals surface area contributed by atoms with Crippen LogP contribution < -0.4 is 5.32 Å². The molecule has 3 aromatic rings. The molecule has 2 aromatic carbocycles. The van der Waals surface area contributed by atoms with Gasteiger partial charge in [0.1, 0.15) is 0 Å². The Labute approximate surface area is 163 Å². The number of hydrogen-bond acceptors (Lipinski definition) is 4. The van der Waals surface area contributed by atoms with Gasteiger partial charge >= 0.3 is 0 Å². The van der Waals surface area contributed by atoms with Gasteiger partial charge in [0.15, 0.2) is 0 Å². The molecule has 4 rings (SSSR count). The summed E-state index contributed by atoms with van der Waals surface area (Å²) in [7, 11) is 0. The van der Waals surface area contributed by atoms with Crippen molar-refractivity contribution < 1.29 is 9.53 Å². The van der Waals surface area contributed by atoms with Gasteiger partial charge in [0.2, 0.25) is 11.9 Å². The predicted octanol–water partition coefficient (Wildman–Crippen LogP) is 4.12. The molecule has 0 aliphatic carbocycles. The summed E-state index contributed by atoms with van der Waals surface area (Å²) in [5, 5.41) is 2.96. The fraction of sp³-hybridized carbons (Fsp3) is 0.333. The minimum absolute atomic E-state index is 0.0116. The van der Waals surface area contributed by atoms with Crippen LogP contribution in [0.2, 0.25) is 0 Å². The van der Waals surface area contributed by atoms with Crippen LogP contribution in [-0.2, 0) is 22.5 Å². The number of fused-ring (bicyclic) bond motifs is 2. The van der Waals surface area contributed by atoms with E-state index >= 15 is 0 Å². The van der Waals surface area contributed by atoms with Crippen molar-refractivity contribution in [3.8, 4) is 0 Å². The lowest BCUT2D eigenvalue weighted by atomic mass is 10.1. The van der Waals surface area contributed by atoms with Gasteiger partial charge in [-0.1, -0.05) is 30.3 Å². The average molecular weight is 382 g/mol. The molecule has 0 saturated carbocycles. The van der Waals surface area contributed by atoms with E-state index in [9.17, 15) is 4.79 Å². The maximum Gasteiger partial charge on any atom is 0.240 e. The number of carbonyl (C=O) groups excluding carboxylic acids is 1. The molecule has 0 saturated heterocycles. The van der Waals surface area contributed by atoms with E-state index in [2.05, 4.69) is 27.0 Å². The monoisotopic (exact) mass is 381 g/mol. The minimum Gasteiger partial charge on any atom is -0.382 e. The first-order valence-corrected chi connectivity index (χ1v) is 10.2.